The Hall–Kier alpha value is -0.940. The SMILES string of the molecule is CCC(C)NCC(=O)Nc1ccc(F)cc1Br. The molecule has 0 aliphatic heterocycles. The molecule has 0 heterocycles. The van der Waals surface area contributed by atoms with Crippen molar-refractivity contribution >= 4 is 27.5 Å². The van der Waals surface area contributed by atoms with Gasteiger partial charge >= 0.3 is 0 Å². The molecular formula is C12H16BrFN2O. The van der Waals surface area contributed by atoms with E-state index in [9.17, 15) is 9.18 Å². The smallest absolute Gasteiger partial charge is 0.238 e. The average molecular weight is 303 g/mol. The van der Waals surface area contributed by atoms with Crippen molar-refractivity contribution in [1.29, 1.82) is 0 Å². The van der Waals surface area contributed by atoms with Crippen molar-refractivity contribution in [3.8, 4) is 0 Å². The summed E-state index contributed by atoms with van der Waals surface area (Å²) in [4.78, 5) is 11.6. The zero-order valence-electron chi connectivity index (χ0n) is 9.89. The van der Waals surface area contributed by atoms with Crippen molar-refractivity contribution in [3.05, 3.63) is 28.5 Å². The number of hydrogen-bond acceptors (Lipinski definition) is 2. The van der Waals surface area contributed by atoms with E-state index in [2.05, 4.69) is 26.6 Å². The fraction of sp³-hybridized carbons (Fsp3) is 0.417. The first-order chi connectivity index (χ1) is 8.02. The molecule has 0 bridgehead atoms. The van der Waals surface area contributed by atoms with Crippen molar-refractivity contribution in [2.24, 2.45) is 0 Å². The Labute approximate surface area is 109 Å². The van der Waals surface area contributed by atoms with Gasteiger partial charge in [-0.3, -0.25) is 4.79 Å². The Bertz CT molecular complexity index is 398. The molecule has 1 rings (SSSR count). The zero-order chi connectivity index (χ0) is 12.8. The highest BCUT2D eigenvalue weighted by Gasteiger charge is 2.07. The number of carbonyl (C=O) groups is 1. The predicted molar refractivity (Wildman–Crippen MR) is 70.5 cm³/mol. The van der Waals surface area contributed by atoms with Crippen LogP contribution in [0.2, 0.25) is 0 Å². The fourth-order valence-electron chi connectivity index (χ4n) is 1.20. The van der Waals surface area contributed by atoms with Gasteiger partial charge in [0.15, 0.2) is 0 Å². The van der Waals surface area contributed by atoms with Crippen LogP contribution in [-0.2, 0) is 4.79 Å². The van der Waals surface area contributed by atoms with Crippen LogP contribution in [-0.4, -0.2) is 18.5 Å². The topological polar surface area (TPSA) is 41.1 Å². The van der Waals surface area contributed by atoms with Crippen LogP contribution in [0.4, 0.5) is 10.1 Å². The number of carbonyl (C=O) groups excluding carboxylic acids is 1. The molecule has 0 fully saturated rings. The van der Waals surface area contributed by atoms with Crippen LogP contribution < -0.4 is 10.6 Å². The Morgan fingerprint density at radius 3 is 2.82 bits per heavy atom. The third-order valence-electron chi connectivity index (χ3n) is 2.43. The van der Waals surface area contributed by atoms with Gasteiger partial charge in [0.2, 0.25) is 5.91 Å². The van der Waals surface area contributed by atoms with E-state index in [1.165, 1.54) is 18.2 Å². The molecule has 0 aliphatic carbocycles. The van der Waals surface area contributed by atoms with E-state index in [1.54, 1.807) is 0 Å². The number of hydrogen-bond donors (Lipinski definition) is 2. The average Bonchev–Trinajstić information content (AvgIpc) is 2.29. The Morgan fingerprint density at radius 1 is 1.53 bits per heavy atom. The van der Waals surface area contributed by atoms with E-state index in [0.29, 0.717) is 16.2 Å². The minimum atomic E-state index is -0.340. The first kappa shape index (κ1) is 14.1. The van der Waals surface area contributed by atoms with Crippen LogP contribution in [0.25, 0.3) is 0 Å². The molecule has 17 heavy (non-hydrogen) atoms. The Morgan fingerprint density at radius 2 is 2.24 bits per heavy atom. The van der Waals surface area contributed by atoms with Crippen LogP contribution >= 0.6 is 15.9 Å². The third-order valence-corrected chi connectivity index (χ3v) is 3.08. The van der Waals surface area contributed by atoms with Gasteiger partial charge in [0.1, 0.15) is 5.82 Å². The molecule has 5 heteroatoms. The molecule has 1 aromatic carbocycles. The van der Waals surface area contributed by atoms with Crippen LogP contribution in [0, 0.1) is 5.82 Å². The molecular weight excluding hydrogens is 287 g/mol. The lowest BCUT2D eigenvalue weighted by molar-refractivity contribution is -0.115. The van der Waals surface area contributed by atoms with Gasteiger partial charge in [0, 0.05) is 10.5 Å². The molecule has 1 aromatic rings. The molecule has 1 unspecified atom stereocenters. The lowest BCUT2D eigenvalue weighted by atomic mass is 10.2. The van der Waals surface area contributed by atoms with Gasteiger partial charge in [-0.05, 0) is 47.5 Å². The minimum Gasteiger partial charge on any atom is -0.324 e. The molecule has 0 aliphatic rings. The first-order valence-electron chi connectivity index (χ1n) is 5.51. The quantitative estimate of drug-likeness (QED) is 0.878. The number of amides is 1. The maximum atomic E-state index is 12.8. The number of anilines is 1. The molecule has 0 aromatic heterocycles. The van der Waals surface area contributed by atoms with Gasteiger partial charge in [0.25, 0.3) is 0 Å². The van der Waals surface area contributed by atoms with Gasteiger partial charge in [-0.15, -0.1) is 0 Å². The fourth-order valence-corrected chi connectivity index (χ4v) is 1.65. The normalized spacial score (nSPS) is 12.2. The summed E-state index contributed by atoms with van der Waals surface area (Å²) in [6.45, 7) is 4.31. The van der Waals surface area contributed by atoms with Gasteiger partial charge in [-0.25, -0.2) is 4.39 Å². The number of halogens is 2. The van der Waals surface area contributed by atoms with E-state index in [4.69, 9.17) is 0 Å². The van der Waals surface area contributed by atoms with Crippen molar-refractivity contribution in [2.45, 2.75) is 26.3 Å². The summed E-state index contributed by atoms with van der Waals surface area (Å²) in [7, 11) is 0. The molecule has 3 nitrogen and oxygen atoms in total. The maximum Gasteiger partial charge on any atom is 0.238 e. The lowest BCUT2D eigenvalue weighted by Crippen LogP contribution is -2.34. The number of rotatable bonds is 5. The lowest BCUT2D eigenvalue weighted by Gasteiger charge is -2.12. The molecule has 0 spiro atoms. The molecule has 0 radical (unpaired) electrons. The van der Waals surface area contributed by atoms with E-state index >= 15 is 0 Å². The highest BCUT2D eigenvalue weighted by molar-refractivity contribution is 9.10. The predicted octanol–water partition coefficient (Wildman–Crippen LogP) is 2.91. The second-order valence-corrected chi connectivity index (χ2v) is 4.72. The van der Waals surface area contributed by atoms with Gasteiger partial charge in [-0.1, -0.05) is 6.92 Å². The van der Waals surface area contributed by atoms with Crippen LogP contribution in [0.3, 0.4) is 0 Å². The summed E-state index contributed by atoms with van der Waals surface area (Å²) in [6, 6.07) is 4.46. The molecule has 1 amide bonds. The number of benzene rings is 1. The second-order valence-electron chi connectivity index (χ2n) is 3.86. The van der Waals surface area contributed by atoms with E-state index in [-0.39, 0.29) is 18.3 Å². The highest BCUT2D eigenvalue weighted by atomic mass is 79.9. The molecule has 0 saturated carbocycles. The van der Waals surface area contributed by atoms with Gasteiger partial charge in [0.05, 0.1) is 12.2 Å². The summed E-state index contributed by atoms with van der Waals surface area (Å²) in [5, 5.41) is 5.78. The van der Waals surface area contributed by atoms with Crippen molar-refractivity contribution in [1.82, 2.24) is 5.32 Å². The third kappa shape index (κ3) is 4.83. The summed E-state index contributed by atoms with van der Waals surface area (Å²) in [5.41, 5.74) is 0.572. The largest absolute Gasteiger partial charge is 0.324 e. The van der Waals surface area contributed by atoms with Gasteiger partial charge in [-0.2, -0.15) is 0 Å². The standard InChI is InChI=1S/C12H16BrFN2O/c1-3-8(2)15-7-12(17)16-11-5-4-9(14)6-10(11)13/h4-6,8,15H,3,7H2,1-2H3,(H,16,17). The Balaban J connectivity index is 2.50. The molecule has 0 saturated heterocycles. The first-order valence-corrected chi connectivity index (χ1v) is 6.30. The van der Waals surface area contributed by atoms with E-state index in [1.807, 2.05) is 13.8 Å². The van der Waals surface area contributed by atoms with Crippen LogP contribution in [0.1, 0.15) is 20.3 Å². The minimum absolute atomic E-state index is 0.141. The molecule has 1 atom stereocenters. The highest BCUT2D eigenvalue weighted by Crippen LogP contribution is 2.22. The zero-order valence-corrected chi connectivity index (χ0v) is 11.5. The summed E-state index contributed by atoms with van der Waals surface area (Å²) >= 11 is 3.19. The van der Waals surface area contributed by atoms with Crippen molar-refractivity contribution < 1.29 is 9.18 Å². The van der Waals surface area contributed by atoms with Crippen LogP contribution in [0.15, 0.2) is 22.7 Å². The van der Waals surface area contributed by atoms with E-state index < -0.39 is 0 Å². The maximum absolute atomic E-state index is 12.8. The molecule has 94 valence electrons. The molecule has 2 N–H and O–H groups in total. The monoisotopic (exact) mass is 302 g/mol. The second kappa shape index (κ2) is 6.71. The summed E-state index contributed by atoms with van der Waals surface area (Å²) in [6.07, 6.45) is 0.966. The number of nitrogens with one attached hydrogen (secondary N) is 2. The van der Waals surface area contributed by atoms with E-state index in [0.717, 1.165) is 6.42 Å². The summed E-state index contributed by atoms with van der Waals surface area (Å²) < 4.78 is 13.4. The Kier molecular flexibility index (Phi) is 5.58. The van der Waals surface area contributed by atoms with Crippen LogP contribution in [0.5, 0.6) is 0 Å². The van der Waals surface area contributed by atoms with Gasteiger partial charge < -0.3 is 10.6 Å². The van der Waals surface area contributed by atoms with Crippen molar-refractivity contribution in [3.63, 3.8) is 0 Å². The summed E-state index contributed by atoms with van der Waals surface area (Å²) in [5.74, 6) is -0.481. The van der Waals surface area contributed by atoms with Crippen molar-refractivity contribution in [2.75, 3.05) is 11.9 Å².